The van der Waals surface area contributed by atoms with E-state index < -0.39 is 30.2 Å². The molecule has 2 heterocycles. The number of furan rings is 1. The number of hydrogen-bond acceptors (Lipinski definition) is 7. The van der Waals surface area contributed by atoms with Crippen molar-refractivity contribution in [3.05, 3.63) is 168 Å². The van der Waals surface area contributed by atoms with Gasteiger partial charge in [0, 0.05) is 0 Å². The number of rotatable bonds is 14. The van der Waals surface area contributed by atoms with E-state index in [0.717, 1.165) is 22.3 Å². The van der Waals surface area contributed by atoms with Crippen molar-refractivity contribution in [2.45, 2.75) is 56.6 Å². The zero-order valence-electron chi connectivity index (χ0n) is 25.0. The normalized spacial score (nSPS) is 23.1. The second kappa shape index (κ2) is 15.3. The highest BCUT2D eigenvalue weighted by Gasteiger charge is 2.58. The molecule has 0 radical (unpaired) electrons. The largest absolute Gasteiger partial charge is 0.464 e. The Morgan fingerprint density at radius 3 is 1.49 bits per heavy atom. The van der Waals surface area contributed by atoms with Gasteiger partial charge in [-0.2, -0.15) is 0 Å². The lowest BCUT2D eigenvalue weighted by Crippen LogP contribution is -2.65. The fraction of sp³-hybridized carbons (Fsp3) is 0.263. The minimum absolute atomic E-state index is 0.133. The molecule has 1 N–H and O–H groups in total. The van der Waals surface area contributed by atoms with Crippen LogP contribution in [0.1, 0.15) is 28.0 Å². The first-order chi connectivity index (χ1) is 22.2. The summed E-state index contributed by atoms with van der Waals surface area (Å²) in [7, 11) is 0. The summed E-state index contributed by atoms with van der Waals surface area (Å²) >= 11 is 0. The molecule has 6 rings (SSSR count). The fourth-order valence-electron chi connectivity index (χ4n) is 5.53. The lowest BCUT2D eigenvalue weighted by atomic mass is 9.90. The van der Waals surface area contributed by atoms with Gasteiger partial charge in [0.05, 0.1) is 39.3 Å². The minimum Gasteiger partial charge on any atom is -0.464 e. The zero-order valence-corrected chi connectivity index (χ0v) is 25.0. The summed E-state index contributed by atoms with van der Waals surface area (Å²) in [6.45, 7) is 1.29. The van der Waals surface area contributed by atoms with E-state index in [1.807, 2.05) is 121 Å². The lowest BCUT2D eigenvalue weighted by molar-refractivity contribution is -0.383. The van der Waals surface area contributed by atoms with Crippen LogP contribution in [0.25, 0.3) is 0 Å². The Kier molecular flexibility index (Phi) is 10.5. The molecule has 1 unspecified atom stereocenters. The first-order valence-electron chi connectivity index (χ1n) is 15.2. The van der Waals surface area contributed by atoms with Crippen molar-refractivity contribution in [2.24, 2.45) is 0 Å². The second-order valence-electron chi connectivity index (χ2n) is 11.1. The first-order valence-corrected chi connectivity index (χ1v) is 15.2. The Hall–Kier alpha value is -4.08. The summed E-state index contributed by atoms with van der Waals surface area (Å²) in [4.78, 5) is 0. The molecule has 0 bridgehead atoms. The predicted molar refractivity (Wildman–Crippen MR) is 169 cm³/mol. The van der Waals surface area contributed by atoms with Crippen molar-refractivity contribution in [1.29, 1.82) is 0 Å². The van der Waals surface area contributed by atoms with Crippen LogP contribution < -0.4 is 0 Å². The van der Waals surface area contributed by atoms with Crippen LogP contribution in [-0.4, -0.2) is 36.1 Å². The van der Waals surface area contributed by atoms with E-state index in [9.17, 15) is 5.11 Å². The molecule has 0 amide bonds. The minimum atomic E-state index is -1.99. The molecule has 1 aliphatic heterocycles. The highest BCUT2D eigenvalue weighted by atomic mass is 16.7. The standard InChI is InChI=1S/C38H38O7/c39-38(34-22-13-23-41-34)37(44-27-32-20-11-4-12-21-32)36(43-26-31-18-9-3-10-19-31)35(42-25-30-16-7-2-8-17-30)33(45-38)28-40-24-29-14-5-1-6-15-29/h1-23,33,35-37,39H,24-28H2/t33-,35-,36+,37+,38?/m1/s1. The average Bonchev–Trinajstić information content (AvgIpc) is 3.65. The molecule has 0 aliphatic carbocycles. The maximum Gasteiger partial charge on any atom is 0.256 e. The molecule has 45 heavy (non-hydrogen) atoms. The van der Waals surface area contributed by atoms with Crippen LogP contribution in [-0.2, 0) is 55.9 Å². The monoisotopic (exact) mass is 606 g/mol. The van der Waals surface area contributed by atoms with E-state index in [1.54, 1.807) is 12.1 Å². The summed E-state index contributed by atoms with van der Waals surface area (Å²) in [5, 5.41) is 12.4. The number of ether oxygens (including phenoxy) is 5. The van der Waals surface area contributed by atoms with Crippen LogP contribution in [0.3, 0.4) is 0 Å². The van der Waals surface area contributed by atoms with Crippen LogP contribution in [0.15, 0.2) is 144 Å². The Morgan fingerprint density at radius 2 is 1.00 bits per heavy atom. The molecule has 1 saturated heterocycles. The Bertz CT molecular complexity index is 1530. The third-order valence-corrected chi connectivity index (χ3v) is 7.82. The Balaban J connectivity index is 1.34. The molecular weight excluding hydrogens is 568 g/mol. The maximum atomic E-state index is 12.4. The van der Waals surface area contributed by atoms with Crippen molar-refractivity contribution < 1.29 is 33.2 Å². The van der Waals surface area contributed by atoms with E-state index in [4.69, 9.17) is 28.1 Å². The maximum absolute atomic E-state index is 12.4. The molecule has 7 nitrogen and oxygen atoms in total. The topological polar surface area (TPSA) is 79.5 Å². The smallest absolute Gasteiger partial charge is 0.256 e. The molecule has 232 valence electrons. The van der Waals surface area contributed by atoms with Crippen LogP contribution in [0.4, 0.5) is 0 Å². The van der Waals surface area contributed by atoms with Crippen LogP contribution in [0, 0.1) is 0 Å². The van der Waals surface area contributed by atoms with Gasteiger partial charge in [0.25, 0.3) is 5.79 Å². The summed E-state index contributed by atoms with van der Waals surface area (Å²) in [5.41, 5.74) is 3.94. The molecule has 7 heteroatoms. The molecule has 1 fully saturated rings. The molecule has 0 saturated carbocycles. The van der Waals surface area contributed by atoms with Crippen molar-refractivity contribution in [3.63, 3.8) is 0 Å². The van der Waals surface area contributed by atoms with Gasteiger partial charge >= 0.3 is 0 Å². The van der Waals surface area contributed by atoms with Gasteiger partial charge in [0.1, 0.15) is 24.4 Å². The third-order valence-electron chi connectivity index (χ3n) is 7.82. The van der Waals surface area contributed by atoms with Crippen LogP contribution in [0.2, 0.25) is 0 Å². The average molecular weight is 607 g/mol. The first kappa shape index (κ1) is 30.9. The summed E-state index contributed by atoms with van der Waals surface area (Å²) in [5.74, 6) is -1.78. The van der Waals surface area contributed by atoms with Gasteiger partial charge in [-0.1, -0.05) is 121 Å². The van der Waals surface area contributed by atoms with Crippen molar-refractivity contribution in [2.75, 3.05) is 6.61 Å². The molecule has 0 spiro atoms. The van der Waals surface area contributed by atoms with E-state index >= 15 is 0 Å². The molecule has 5 aromatic rings. The van der Waals surface area contributed by atoms with Gasteiger partial charge in [-0.15, -0.1) is 0 Å². The van der Waals surface area contributed by atoms with E-state index in [-0.39, 0.29) is 25.6 Å². The van der Waals surface area contributed by atoms with Crippen LogP contribution in [0.5, 0.6) is 0 Å². The molecule has 1 aliphatic rings. The zero-order chi connectivity index (χ0) is 30.7. The van der Waals surface area contributed by atoms with Crippen molar-refractivity contribution >= 4 is 0 Å². The summed E-state index contributed by atoms with van der Waals surface area (Å²) in [6, 6.07) is 42.9. The number of hydrogen-bond donors (Lipinski definition) is 1. The predicted octanol–water partition coefficient (Wildman–Crippen LogP) is 6.80. The second-order valence-corrected chi connectivity index (χ2v) is 11.1. The highest BCUT2D eigenvalue weighted by molar-refractivity contribution is 5.18. The summed E-state index contributed by atoms with van der Waals surface area (Å²) < 4.78 is 38.3. The van der Waals surface area contributed by atoms with E-state index in [1.165, 1.54) is 6.26 Å². The third kappa shape index (κ3) is 7.96. The SMILES string of the molecule is OC1(c2ccco2)O[C@H](COCc2ccccc2)[C@@H](OCc2ccccc2)[C@H](OCc2ccccc2)[C@@H]1OCc1ccccc1. The number of aliphatic hydroxyl groups is 1. The fourth-order valence-corrected chi connectivity index (χ4v) is 5.53. The summed E-state index contributed by atoms with van der Waals surface area (Å²) in [6.07, 6.45) is -1.68. The molecule has 5 atom stereocenters. The number of benzene rings is 4. The van der Waals surface area contributed by atoms with E-state index in [0.29, 0.717) is 13.2 Å². The lowest BCUT2D eigenvalue weighted by Gasteiger charge is -2.49. The molecule has 4 aromatic carbocycles. The van der Waals surface area contributed by atoms with Crippen molar-refractivity contribution in [1.82, 2.24) is 0 Å². The van der Waals surface area contributed by atoms with E-state index in [2.05, 4.69) is 0 Å². The van der Waals surface area contributed by atoms with Gasteiger partial charge in [0.15, 0.2) is 5.76 Å². The van der Waals surface area contributed by atoms with Gasteiger partial charge in [-0.25, -0.2) is 0 Å². The van der Waals surface area contributed by atoms with Gasteiger partial charge < -0.3 is 33.2 Å². The van der Waals surface area contributed by atoms with Crippen molar-refractivity contribution in [3.8, 4) is 0 Å². The van der Waals surface area contributed by atoms with Crippen LogP contribution >= 0.6 is 0 Å². The Morgan fingerprint density at radius 1 is 0.533 bits per heavy atom. The molecular formula is C38H38O7. The Labute approximate surface area is 263 Å². The molecule has 1 aromatic heterocycles. The van der Waals surface area contributed by atoms with Gasteiger partial charge in [0.2, 0.25) is 0 Å². The van der Waals surface area contributed by atoms with Gasteiger partial charge in [-0.05, 0) is 34.4 Å². The quantitative estimate of drug-likeness (QED) is 0.149. The highest BCUT2D eigenvalue weighted by Crippen LogP contribution is 2.41. The van der Waals surface area contributed by atoms with Gasteiger partial charge in [-0.3, -0.25) is 0 Å².